The van der Waals surface area contributed by atoms with Crippen LogP contribution in [-0.4, -0.2) is 17.0 Å². The number of pyridine rings is 1. The van der Waals surface area contributed by atoms with Crippen molar-refractivity contribution in [3.05, 3.63) is 56.8 Å². The van der Waals surface area contributed by atoms with Crippen LogP contribution >= 0.6 is 15.9 Å². The molecule has 3 rings (SSSR count). The Kier molecular flexibility index (Phi) is 3.22. The molecule has 102 valence electrons. The van der Waals surface area contributed by atoms with Crippen LogP contribution in [0.4, 0.5) is 0 Å². The van der Waals surface area contributed by atoms with Crippen LogP contribution in [0.15, 0.2) is 40.3 Å². The van der Waals surface area contributed by atoms with Crippen molar-refractivity contribution in [1.29, 1.82) is 0 Å². The number of benzene rings is 1. The fourth-order valence-corrected chi connectivity index (χ4v) is 3.13. The quantitative estimate of drug-likeness (QED) is 0.876. The molecule has 1 aromatic heterocycles. The van der Waals surface area contributed by atoms with E-state index < -0.39 is 0 Å². The molecule has 1 aromatic carbocycles. The van der Waals surface area contributed by atoms with Crippen LogP contribution < -0.4 is 10.7 Å². The van der Waals surface area contributed by atoms with Crippen molar-refractivity contribution in [3.8, 4) is 0 Å². The van der Waals surface area contributed by atoms with Crippen molar-refractivity contribution in [2.45, 2.75) is 13.0 Å². The monoisotopic (exact) mass is 332 g/mol. The Morgan fingerprint density at radius 3 is 3.05 bits per heavy atom. The molecule has 4 nitrogen and oxygen atoms in total. The van der Waals surface area contributed by atoms with Gasteiger partial charge in [0.15, 0.2) is 0 Å². The van der Waals surface area contributed by atoms with Crippen molar-refractivity contribution in [3.63, 3.8) is 0 Å². The van der Waals surface area contributed by atoms with E-state index in [0.717, 1.165) is 28.5 Å². The number of nitrogens with zero attached hydrogens (tertiary/aromatic N) is 1. The molecule has 1 amide bonds. The summed E-state index contributed by atoms with van der Waals surface area (Å²) in [4.78, 5) is 24.6. The Morgan fingerprint density at radius 1 is 1.50 bits per heavy atom. The van der Waals surface area contributed by atoms with E-state index in [2.05, 4.69) is 27.8 Å². The molecule has 1 aliphatic heterocycles. The first-order valence-corrected chi connectivity index (χ1v) is 7.16. The summed E-state index contributed by atoms with van der Waals surface area (Å²) in [6.45, 7) is 4.69. The van der Waals surface area contributed by atoms with Gasteiger partial charge in [-0.25, -0.2) is 0 Å². The van der Waals surface area contributed by atoms with Crippen molar-refractivity contribution in [2.24, 2.45) is 0 Å². The molecule has 0 unspecified atom stereocenters. The van der Waals surface area contributed by atoms with E-state index in [1.54, 1.807) is 18.3 Å². The first-order chi connectivity index (χ1) is 9.61. The van der Waals surface area contributed by atoms with E-state index in [1.807, 2.05) is 10.6 Å². The normalized spacial score (nSPS) is 12.7. The Hall–Kier alpha value is -1.88. The molecule has 2 heterocycles. The van der Waals surface area contributed by atoms with Gasteiger partial charge in [-0.05, 0) is 24.1 Å². The zero-order chi connectivity index (χ0) is 14.3. The van der Waals surface area contributed by atoms with Crippen molar-refractivity contribution < 1.29 is 4.79 Å². The fraction of sp³-hybridized carbons (Fsp3) is 0.200. The van der Waals surface area contributed by atoms with E-state index in [4.69, 9.17) is 0 Å². The molecule has 1 aliphatic rings. The van der Waals surface area contributed by atoms with Crippen LogP contribution in [0.5, 0.6) is 0 Å². The van der Waals surface area contributed by atoms with E-state index in [1.165, 1.54) is 0 Å². The summed E-state index contributed by atoms with van der Waals surface area (Å²) >= 11 is 3.42. The van der Waals surface area contributed by atoms with Gasteiger partial charge in [0.2, 0.25) is 5.43 Å². The second-order valence-corrected chi connectivity index (χ2v) is 5.69. The number of carbonyl (C=O) groups excluding carboxylic acids is 1. The van der Waals surface area contributed by atoms with Crippen LogP contribution in [0.2, 0.25) is 0 Å². The molecule has 0 saturated heterocycles. The first-order valence-electron chi connectivity index (χ1n) is 6.36. The van der Waals surface area contributed by atoms with Crippen molar-refractivity contribution in [2.75, 3.05) is 6.54 Å². The lowest BCUT2D eigenvalue weighted by molar-refractivity contribution is 0.0956. The van der Waals surface area contributed by atoms with Gasteiger partial charge in [-0.1, -0.05) is 22.0 Å². The average molecular weight is 333 g/mol. The van der Waals surface area contributed by atoms with E-state index >= 15 is 0 Å². The standard InChI is InChI=1S/C15H13BrN2O2/c1-2-4-17-15(20)12-8-18-5-3-9-6-10(16)7-11(13(9)18)14(12)19/h2,6-8H,1,3-5H2,(H,17,20). The summed E-state index contributed by atoms with van der Waals surface area (Å²) in [7, 11) is 0. The Balaban J connectivity index is 2.23. The Morgan fingerprint density at radius 2 is 2.30 bits per heavy atom. The van der Waals surface area contributed by atoms with E-state index in [-0.39, 0.29) is 16.9 Å². The van der Waals surface area contributed by atoms with Gasteiger partial charge in [0, 0.05) is 29.1 Å². The van der Waals surface area contributed by atoms with Gasteiger partial charge in [0.25, 0.3) is 5.91 Å². The molecule has 5 heteroatoms. The van der Waals surface area contributed by atoms with Crippen molar-refractivity contribution in [1.82, 2.24) is 9.88 Å². The number of hydrogen-bond acceptors (Lipinski definition) is 2. The van der Waals surface area contributed by atoms with E-state index in [9.17, 15) is 9.59 Å². The second-order valence-electron chi connectivity index (χ2n) is 4.78. The molecule has 0 bridgehead atoms. The topological polar surface area (TPSA) is 51.1 Å². The first kappa shape index (κ1) is 13.1. The second kappa shape index (κ2) is 4.90. The maximum absolute atomic E-state index is 12.5. The van der Waals surface area contributed by atoms with Gasteiger partial charge in [0.1, 0.15) is 5.56 Å². The Bertz CT molecular complexity index is 793. The number of rotatable bonds is 3. The van der Waals surface area contributed by atoms with Crippen LogP contribution in [0.25, 0.3) is 10.9 Å². The number of amides is 1. The predicted molar refractivity (Wildman–Crippen MR) is 82.1 cm³/mol. The minimum absolute atomic E-state index is 0.185. The molecule has 20 heavy (non-hydrogen) atoms. The molecule has 1 N–H and O–H groups in total. The highest BCUT2D eigenvalue weighted by molar-refractivity contribution is 9.10. The van der Waals surface area contributed by atoms with Gasteiger partial charge in [-0.2, -0.15) is 0 Å². The molecular weight excluding hydrogens is 320 g/mol. The van der Waals surface area contributed by atoms with Gasteiger partial charge in [0.05, 0.1) is 5.52 Å². The SMILES string of the molecule is C=CCNC(=O)c1cn2c3c(cc(Br)cc3c1=O)CC2. The third-order valence-electron chi connectivity index (χ3n) is 3.49. The third-order valence-corrected chi connectivity index (χ3v) is 3.95. The Labute approximate surface area is 124 Å². The minimum Gasteiger partial charge on any atom is -0.348 e. The molecule has 0 spiro atoms. The summed E-state index contributed by atoms with van der Waals surface area (Å²) in [5.41, 5.74) is 2.05. The van der Waals surface area contributed by atoms with Crippen LogP contribution in [0, 0.1) is 0 Å². The van der Waals surface area contributed by atoms with Gasteiger partial charge < -0.3 is 9.88 Å². The molecule has 0 aliphatic carbocycles. The molecular formula is C15H13BrN2O2. The lowest BCUT2D eigenvalue weighted by Crippen LogP contribution is -2.29. The smallest absolute Gasteiger partial charge is 0.257 e. The number of nitrogens with one attached hydrogen (secondary N) is 1. The predicted octanol–water partition coefficient (Wildman–Crippen LogP) is 2.24. The molecule has 0 radical (unpaired) electrons. The summed E-state index contributed by atoms with van der Waals surface area (Å²) in [6.07, 6.45) is 4.13. The highest BCUT2D eigenvalue weighted by Gasteiger charge is 2.20. The highest BCUT2D eigenvalue weighted by atomic mass is 79.9. The van der Waals surface area contributed by atoms with Crippen LogP contribution in [0.3, 0.4) is 0 Å². The lowest BCUT2D eigenvalue weighted by Gasteiger charge is -2.09. The zero-order valence-electron chi connectivity index (χ0n) is 10.8. The summed E-state index contributed by atoms with van der Waals surface area (Å²) in [5, 5.41) is 3.25. The third kappa shape index (κ3) is 1.98. The maximum Gasteiger partial charge on any atom is 0.257 e. The average Bonchev–Trinajstić information content (AvgIpc) is 2.83. The summed E-state index contributed by atoms with van der Waals surface area (Å²) in [6, 6.07) is 3.82. The number of carbonyl (C=O) groups is 1. The summed E-state index contributed by atoms with van der Waals surface area (Å²) in [5.74, 6) is -0.353. The molecule has 2 aromatic rings. The number of hydrogen-bond donors (Lipinski definition) is 1. The number of aryl methyl sites for hydroxylation is 2. The summed E-state index contributed by atoms with van der Waals surface area (Å²) < 4.78 is 2.86. The zero-order valence-corrected chi connectivity index (χ0v) is 12.4. The minimum atomic E-state index is -0.353. The fourth-order valence-electron chi connectivity index (χ4n) is 2.62. The largest absolute Gasteiger partial charge is 0.348 e. The molecule has 0 fully saturated rings. The van der Waals surface area contributed by atoms with Gasteiger partial charge in [-0.15, -0.1) is 6.58 Å². The van der Waals surface area contributed by atoms with Gasteiger partial charge >= 0.3 is 0 Å². The lowest BCUT2D eigenvalue weighted by atomic mass is 10.1. The highest BCUT2D eigenvalue weighted by Crippen LogP contribution is 2.27. The van der Waals surface area contributed by atoms with Crippen LogP contribution in [-0.2, 0) is 13.0 Å². The number of aromatic nitrogens is 1. The van der Waals surface area contributed by atoms with Crippen molar-refractivity contribution >= 4 is 32.7 Å². The van der Waals surface area contributed by atoms with E-state index in [0.29, 0.717) is 11.9 Å². The molecule has 0 atom stereocenters. The maximum atomic E-state index is 12.5. The van der Waals surface area contributed by atoms with Gasteiger partial charge in [-0.3, -0.25) is 9.59 Å². The number of halogens is 1. The van der Waals surface area contributed by atoms with Crippen LogP contribution in [0.1, 0.15) is 15.9 Å². The molecule has 0 saturated carbocycles.